The monoisotopic (exact) mass is 273 g/mol. The summed E-state index contributed by atoms with van der Waals surface area (Å²) in [6.07, 6.45) is 1.82. The van der Waals surface area contributed by atoms with Gasteiger partial charge in [0, 0.05) is 12.6 Å². The van der Waals surface area contributed by atoms with E-state index >= 15 is 0 Å². The fraction of sp³-hybridized carbons (Fsp3) is 0.588. The number of nitrogens with zero attached hydrogens (tertiary/aromatic N) is 1. The zero-order valence-electron chi connectivity index (χ0n) is 12.6. The molecule has 0 N–H and O–H groups in total. The highest BCUT2D eigenvalue weighted by Crippen LogP contribution is 2.48. The summed E-state index contributed by atoms with van der Waals surface area (Å²) in [5.41, 5.74) is 3.06. The molecule has 1 fully saturated rings. The molecular formula is C17H23NO2. The average Bonchev–Trinajstić information content (AvgIpc) is 2.43. The van der Waals surface area contributed by atoms with Crippen LogP contribution in [-0.4, -0.2) is 30.2 Å². The number of carbonyl (C=O) groups excluding carboxylic acids is 1. The first-order valence-corrected chi connectivity index (χ1v) is 7.59. The minimum Gasteiger partial charge on any atom is -0.450 e. The number of piperidine rings is 1. The maximum absolute atomic E-state index is 12.2. The van der Waals surface area contributed by atoms with E-state index in [1.165, 1.54) is 11.1 Å². The number of likely N-dealkylation sites (tertiary alicyclic amines) is 1. The van der Waals surface area contributed by atoms with Crippen molar-refractivity contribution in [1.29, 1.82) is 0 Å². The van der Waals surface area contributed by atoms with E-state index in [-0.39, 0.29) is 17.6 Å². The van der Waals surface area contributed by atoms with Crippen molar-refractivity contribution in [2.75, 3.05) is 13.2 Å². The first-order valence-electron chi connectivity index (χ1n) is 7.59. The van der Waals surface area contributed by atoms with Gasteiger partial charge in [0.05, 0.1) is 6.61 Å². The third kappa shape index (κ3) is 1.83. The zero-order chi connectivity index (χ0) is 14.3. The van der Waals surface area contributed by atoms with E-state index in [1.807, 2.05) is 11.8 Å². The molecule has 2 aliphatic rings. The molecule has 3 heteroatoms. The molecule has 1 amide bonds. The molecule has 1 aromatic rings. The number of ether oxygens (including phenoxy) is 1. The van der Waals surface area contributed by atoms with Gasteiger partial charge in [-0.05, 0) is 42.2 Å². The van der Waals surface area contributed by atoms with Crippen LogP contribution in [-0.2, 0) is 16.6 Å². The maximum Gasteiger partial charge on any atom is 0.410 e. The van der Waals surface area contributed by atoms with Crippen molar-refractivity contribution >= 4 is 6.09 Å². The second kappa shape index (κ2) is 4.80. The molecule has 3 rings (SSSR count). The minimum absolute atomic E-state index is 0.147. The van der Waals surface area contributed by atoms with Gasteiger partial charge < -0.3 is 9.64 Å². The number of hydrogen-bond acceptors (Lipinski definition) is 2. The van der Waals surface area contributed by atoms with Crippen molar-refractivity contribution in [3.05, 3.63) is 35.4 Å². The van der Waals surface area contributed by atoms with Gasteiger partial charge >= 0.3 is 6.09 Å². The summed E-state index contributed by atoms with van der Waals surface area (Å²) >= 11 is 0. The quantitative estimate of drug-likeness (QED) is 0.785. The Hall–Kier alpha value is -1.51. The fourth-order valence-electron chi connectivity index (χ4n) is 4.02. The van der Waals surface area contributed by atoms with Crippen molar-refractivity contribution in [3.63, 3.8) is 0 Å². The van der Waals surface area contributed by atoms with Crippen LogP contribution in [0.5, 0.6) is 0 Å². The number of fused-ring (bicyclic) bond motifs is 4. The summed E-state index contributed by atoms with van der Waals surface area (Å²) < 4.78 is 5.23. The highest BCUT2D eigenvalue weighted by molar-refractivity contribution is 5.68. The molecular weight excluding hydrogens is 250 g/mol. The lowest BCUT2D eigenvalue weighted by Gasteiger charge is -2.54. The second-order valence-electron chi connectivity index (χ2n) is 6.28. The van der Waals surface area contributed by atoms with E-state index in [2.05, 4.69) is 38.1 Å². The third-order valence-corrected chi connectivity index (χ3v) is 5.42. The lowest BCUT2D eigenvalue weighted by Crippen LogP contribution is -2.59. The molecule has 1 aliphatic carbocycles. The largest absolute Gasteiger partial charge is 0.450 e. The van der Waals surface area contributed by atoms with Crippen LogP contribution in [0.3, 0.4) is 0 Å². The van der Waals surface area contributed by atoms with Crippen molar-refractivity contribution in [2.45, 2.75) is 45.1 Å². The Bertz CT molecular complexity index is 527. The first kappa shape index (κ1) is 13.5. The molecule has 0 spiro atoms. The summed E-state index contributed by atoms with van der Waals surface area (Å²) in [5.74, 6) is 0.468. The molecule has 1 heterocycles. The van der Waals surface area contributed by atoms with Crippen molar-refractivity contribution < 1.29 is 9.53 Å². The van der Waals surface area contributed by atoms with Crippen LogP contribution in [0.4, 0.5) is 4.79 Å². The van der Waals surface area contributed by atoms with Crippen LogP contribution in [0.1, 0.15) is 38.3 Å². The summed E-state index contributed by atoms with van der Waals surface area (Å²) in [5, 5.41) is 0. The Morgan fingerprint density at radius 1 is 1.45 bits per heavy atom. The van der Waals surface area contributed by atoms with Crippen LogP contribution < -0.4 is 0 Å². The van der Waals surface area contributed by atoms with E-state index in [0.29, 0.717) is 12.5 Å². The van der Waals surface area contributed by atoms with Gasteiger partial charge in [-0.3, -0.25) is 0 Å². The Labute approximate surface area is 120 Å². The van der Waals surface area contributed by atoms with Gasteiger partial charge in [0.15, 0.2) is 0 Å². The highest BCUT2D eigenvalue weighted by atomic mass is 16.6. The van der Waals surface area contributed by atoms with Gasteiger partial charge in [-0.25, -0.2) is 4.79 Å². The molecule has 3 atom stereocenters. The molecule has 1 aliphatic heterocycles. The molecule has 0 radical (unpaired) electrons. The lowest BCUT2D eigenvalue weighted by atomic mass is 9.59. The normalized spacial score (nSPS) is 31.6. The van der Waals surface area contributed by atoms with Crippen molar-refractivity contribution in [1.82, 2.24) is 4.90 Å². The van der Waals surface area contributed by atoms with E-state index in [1.54, 1.807) is 0 Å². The first-order chi connectivity index (χ1) is 9.58. The Morgan fingerprint density at radius 2 is 2.20 bits per heavy atom. The molecule has 0 saturated carbocycles. The van der Waals surface area contributed by atoms with Crippen molar-refractivity contribution in [3.8, 4) is 0 Å². The Balaban J connectivity index is 1.97. The summed E-state index contributed by atoms with van der Waals surface area (Å²) in [6, 6.07) is 8.98. The number of benzene rings is 1. The molecule has 1 unspecified atom stereocenters. The van der Waals surface area contributed by atoms with Gasteiger partial charge in [-0.1, -0.05) is 38.1 Å². The van der Waals surface area contributed by atoms with Crippen LogP contribution in [0, 0.1) is 5.92 Å². The van der Waals surface area contributed by atoms with E-state index in [0.717, 1.165) is 19.4 Å². The number of amides is 1. The van der Waals surface area contributed by atoms with Gasteiger partial charge in [0.2, 0.25) is 0 Å². The SMILES string of the molecule is CCOC(=O)N1CC[C@@]2(C)c3ccccc3CC1[C@@H]2C. The van der Waals surface area contributed by atoms with Crippen LogP contribution in [0.15, 0.2) is 24.3 Å². The lowest BCUT2D eigenvalue weighted by molar-refractivity contribution is 0.0214. The Morgan fingerprint density at radius 3 is 2.95 bits per heavy atom. The topological polar surface area (TPSA) is 29.5 Å². The van der Waals surface area contributed by atoms with E-state index in [4.69, 9.17) is 4.74 Å². The number of hydrogen-bond donors (Lipinski definition) is 0. The number of rotatable bonds is 1. The van der Waals surface area contributed by atoms with E-state index < -0.39 is 0 Å². The maximum atomic E-state index is 12.2. The summed E-state index contributed by atoms with van der Waals surface area (Å²) in [7, 11) is 0. The molecule has 1 saturated heterocycles. The zero-order valence-corrected chi connectivity index (χ0v) is 12.6. The molecule has 20 heavy (non-hydrogen) atoms. The summed E-state index contributed by atoms with van der Waals surface area (Å²) in [6.45, 7) is 7.76. The molecule has 3 nitrogen and oxygen atoms in total. The van der Waals surface area contributed by atoms with Crippen LogP contribution in [0.2, 0.25) is 0 Å². The van der Waals surface area contributed by atoms with Gasteiger partial charge in [-0.15, -0.1) is 0 Å². The molecule has 0 aromatic heterocycles. The molecule has 108 valence electrons. The van der Waals surface area contributed by atoms with Crippen molar-refractivity contribution in [2.24, 2.45) is 5.92 Å². The third-order valence-electron chi connectivity index (χ3n) is 5.42. The van der Waals surface area contributed by atoms with E-state index in [9.17, 15) is 4.79 Å². The minimum atomic E-state index is -0.147. The fourth-order valence-corrected chi connectivity index (χ4v) is 4.02. The summed E-state index contributed by atoms with van der Waals surface area (Å²) in [4.78, 5) is 14.1. The standard InChI is InChI=1S/C17H23NO2/c1-4-20-16(19)18-10-9-17(3)12(2)15(18)11-13-7-5-6-8-14(13)17/h5-8,12,15H,4,9-11H2,1-3H3/t12-,15?,17+/m0/s1. The second-order valence-corrected chi connectivity index (χ2v) is 6.28. The van der Waals surface area contributed by atoms with Crippen LogP contribution >= 0.6 is 0 Å². The molecule has 1 aromatic carbocycles. The highest BCUT2D eigenvalue weighted by Gasteiger charge is 2.49. The average molecular weight is 273 g/mol. The predicted octanol–water partition coefficient (Wildman–Crippen LogP) is 3.37. The predicted molar refractivity (Wildman–Crippen MR) is 78.8 cm³/mol. The Kier molecular flexibility index (Phi) is 3.23. The van der Waals surface area contributed by atoms with Gasteiger partial charge in [0.25, 0.3) is 0 Å². The van der Waals surface area contributed by atoms with Gasteiger partial charge in [-0.2, -0.15) is 0 Å². The van der Waals surface area contributed by atoms with Gasteiger partial charge in [0.1, 0.15) is 0 Å². The van der Waals surface area contributed by atoms with Crippen LogP contribution in [0.25, 0.3) is 0 Å². The number of carbonyl (C=O) groups is 1. The smallest absolute Gasteiger partial charge is 0.410 e. The molecule has 2 bridgehead atoms.